The van der Waals surface area contributed by atoms with E-state index in [0.29, 0.717) is 33.1 Å². The summed E-state index contributed by atoms with van der Waals surface area (Å²) in [6.07, 6.45) is 2.50. The van der Waals surface area contributed by atoms with Gasteiger partial charge in [-0.3, -0.25) is 9.00 Å². The van der Waals surface area contributed by atoms with Crippen molar-refractivity contribution in [3.63, 3.8) is 0 Å². The van der Waals surface area contributed by atoms with Crippen LogP contribution in [0.4, 0.5) is 0 Å². The number of ether oxygens (including phenoxy) is 1. The molecule has 0 spiro atoms. The third kappa shape index (κ3) is 3.08. The molecule has 0 bridgehead atoms. The first-order chi connectivity index (χ1) is 11.5. The van der Waals surface area contributed by atoms with Gasteiger partial charge in [-0.1, -0.05) is 30.3 Å². The molecule has 0 fully saturated rings. The second-order valence-corrected chi connectivity index (χ2v) is 8.28. The van der Waals surface area contributed by atoms with Gasteiger partial charge in [0.05, 0.1) is 17.4 Å². The number of Topliss-reactive ketones (excluding diaryl/α,β-unsaturated/α-hetero) is 1. The van der Waals surface area contributed by atoms with Crippen LogP contribution in [0.2, 0.25) is 0 Å². The van der Waals surface area contributed by atoms with Crippen molar-refractivity contribution in [2.45, 2.75) is 29.9 Å². The van der Waals surface area contributed by atoms with Crippen LogP contribution in [0.15, 0.2) is 34.5 Å². The monoisotopic (exact) mass is 362 g/mol. The Morgan fingerprint density at radius 2 is 2.00 bits per heavy atom. The highest BCUT2D eigenvalue weighted by Crippen LogP contribution is 2.41. The molecule has 1 aliphatic carbocycles. The lowest BCUT2D eigenvalue weighted by molar-refractivity contribution is 0.0531. The van der Waals surface area contributed by atoms with Crippen molar-refractivity contribution in [3.8, 4) is 0 Å². The Morgan fingerprint density at radius 3 is 2.62 bits per heavy atom. The Morgan fingerprint density at radius 1 is 1.29 bits per heavy atom. The van der Waals surface area contributed by atoms with Crippen molar-refractivity contribution < 1.29 is 18.5 Å². The Hall–Kier alpha value is -1.79. The number of carbonyl (C=O) groups excluding carboxylic acids is 2. The summed E-state index contributed by atoms with van der Waals surface area (Å²) in [6, 6.07) is 9.83. The molecule has 1 heterocycles. The van der Waals surface area contributed by atoms with Crippen LogP contribution in [0.5, 0.6) is 0 Å². The van der Waals surface area contributed by atoms with Crippen LogP contribution in [0.3, 0.4) is 0 Å². The van der Waals surface area contributed by atoms with E-state index < -0.39 is 16.8 Å². The van der Waals surface area contributed by atoms with Crippen LogP contribution in [0, 0.1) is 0 Å². The number of fused-ring (bicyclic) bond motifs is 1. The topological polar surface area (TPSA) is 60.4 Å². The molecular weight excluding hydrogens is 344 g/mol. The van der Waals surface area contributed by atoms with Gasteiger partial charge in [-0.05, 0) is 30.4 Å². The maximum Gasteiger partial charge on any atom is 0.348 e. The fraction of sp³-hybridized carbons (Fsp3) is 0.333. The highest BCUT2D eigenvalue weighted by atomic mass is 32.2. The number of ketones is 1. The summed E-state index contributed by atoms with van der Waals surface area (Å²) in [6.45, 7) is 2.01. The van der Waals surface area contributed by atoms with E-state index in [0.717, 1.165) is 16.9 Å². The van der Waals surface area contributed by atoms with E-state index in [4.69, 9.17) is 4.74 Å². The molecule has 0 amide bonds. The number of carbonyl (C=O) groups is 2. The number of thiophene rings is 1. The first kappa shape index (κ1) is 17.0. The minimum Gasteiger partial charge on any atom is -0.462 e. The average molecular weight is 362 g/mol. The van der Waals surface area contributed by atoms with Gasteiger partial charge < -0.3 is 4.74 Å². The van der Waals surface area contributed by atoms with Gasteiger partial charge in [0.15, 0.2) is 5.78 Å². The summed E-state index contributed by atoms with van der Waals surface area (Å²) in [7, 11) is -1.30. The second-order valence-electron chi connectivity index (χ2n) is 5.69. The van der Waals surface area contributed by atoms with Crippen molar-refractivity contribution in [3.05, 3.63) is 51.9 Å². The maximum absolute atomic E-state index is 12.7. The Labute approximate surface area is 147 Å². The molecule has 2 atom stereocenters. The van der Waals surface area contributed by atoms with Crippen molar-refractivity contribution in [2.24, 2.45) is 0 Å². The molecule has 3 rings (SSSR count). The van der Waals surface area contributed by atoms with Gasteiger partial charge in [0, 0.05) is 18.2 Å². The molecular formula is C18H18O4S2. The predicted molar refractivity (Wildman–Crippen MR) is 94.4 cm³/mol. The van der Waals surface area contributed by atoms with Gasteiger partial charge in [-0.25, -0.2) is 4.79 Å². The summed E-state index contributed by atoms with van der Waals surface area (Å²) in [4.78, 5) is 25.4. The maximum atomic E-state index is 12.7. The molecule has 6 heteroatoms. The fourth-order valence-corrected chi connectivity index (χ4v) is 5.31. The first-order valence-corrected chi connectivity index (χ1v) is 10.1. The number of benzene rings is 1. The molecule has 2 aromatic rings. The average Bonchev–Trinajstić information content (AvgIpc) is 2.96. The fourth-order valence-electron chi connectivity index (χ4n) is 3.09. The summed E-state index contributed by atoms with van der Waals surface area (Å²) in [5.41, 5.74) is 2.27. The van der Waals surface area contributed by atoms with E-state index >= 15 is 0 Å². The molecule has 1 aromatic carbocycles. The Kier molecular flexibility index (Phi) is 4.96. The zero-order valence-corrected chi connectivity index (χ0v) is 15.2. The van der Waals surface area contributed by atoms with Crippen molar-refractivity contribution in [2.75, 3.05) is 12.9 Å². The number of rotatable bonds is 4. The van der Waals surface area contributed by atoms with Crippen molar-refractivity contribution >= 4 is 33.9 Å². The predicted octanol–water partition coefficient (Wildman–Crippen LogP) is 3.57. The molecule has 24 heavy (non-hydrogen) atoms. The molecule has 4 nitrogen and oxygen atoms in total. The summed E-state index contributed by atoms with van der Waals surface area (Å²) in [5.74, 6) is -0.439. The third-order valence-electron chi connectivity index (χ3n) is 4.13. The molecule has 1 aliphatic rings. The molecule has 0 aliphatic heterocycles. The van der Waals surface area contributed by atoms with Gasteiger partial charge in [0.1, 0.15) is 9.09 Å². The lowest BCUT2D eigenvalue weighted by atomic mass is 9.80. The lowest BCUT2D eigenvalue weighted by Crippen LogP contribution is -2.20. The normalized spacial score (nSPS) is 18.1. The van der Waals surface area contributed by atoms with Crippen LogP contribution < -0.4 is 0 Å². The van der Waals surface area contributed by atoms with Crippen LogP contribution in [0.25, 0.3) is 0 Å². The highest BCUT2D eigenvalue weighted by Gasteiger charge is 2.35. The largest absolute Gasteiger partial charge is 0.462 e. The van der Waals surface area contributed by atoms with Gasteiger partial charge in [0.25, 0.3) is 0 Å². The van der Waals surface area contributed by atoms with Crippen LogP contribution in [0.1, 0.15) is 50.4 Å². The quantitative estimate of drug-likeness (QED) is 0.780. The molecule has 0 N–H and O–H groups in total. The smallest absolute Gasteiger partial charge is 0.348 e. The minimum absolute atomic E-state index is 0.0344. The first-order valence-electron chi connectivity index (χ1n) is 7.77. The van der Waals surface area contributed by atoms with E-state index in [2.05, 4.69) is 0 Å². The highest BCUT2D eigenvalue weighted by molar-refractivity contribution is 7.86. The number of hydrogen-bond donors (Lipinski definition) is 0. The standard InChI is InChI=1S/C18H18O4S2/c1-3-22-17(20)16-13-9-12(11-7-5-4-6-8-11)10-14(19)15(13)18(23-16)24(2)21/h4-8,12H,3,9-10H2,1-2H3/t12-,24-/m1/s1. The van der Waals surface area contributed by atoms with Crippen LogP contribution in [-0.2, 0) is 22.0 Å². The molecule has 0 radical (unpaired) electrons. The second kappa shape index (κ2) is 6.99. The third-order valence-corrected chi connectivity index (χ3v) is 6.82. The Bertz CT molecular complexity index is 808. The summed E-state index contributed by atoms with van der Waals surface area (Å²) >= 11 is 1.14. The van der Waals surface area contributed by atoms with Gasteiger partial charge in [0.2, 0.25) is 0 Å². The molecule has 0 unspecified atom stereocenters. The van der Waals surface area contributed by atoms with E-state index in [1.54, 1.807) is 6.92 Å². The molecule has 0 saturated heterocycles. The van der Waals surface area contributed by atoms with Crippen LogP contribution >= 0.6 is 11.3 Å². The molecule has 0 saturated carbocycles. The van der Waals surface area contributed by atoms with Gasteiger partial charge in [-0.15, -0.1) is 11.3 Å². The summed E-state index contributed by atoms with van der Waals surface area (Å²) < 4.78 is 17.6. The molecule has 126 valence electrons. The van der Waals surface area contributed by atoms with E-state index in [1.165, 1.54) is 6.26 Å². The van der Waals surface area contributed by atoms with E-state index in [-0.39, 0.29) is 18.3 Å². The zero-order valence-electron chi connectivity index (χ0n) is 13.5. The van der Waals surface area contributed by atoms with Crippen LogP contribution in [-0.4, -0.2) is 28.8 Å². The lowest BCUT2D eigenvalue weighted by Gasteiger charge is -2.23. The Balaban J connectivity index is 2.08. The summed E-state index contributed by atoms with van der Waals surface area (Å²) in [5, 5.41) is 0. The van der Waals surface area contributed by atoms with E-state index in [9.17, 15) is 13.8 Å². The van der Waals surface area contributed by atoms with Gasteiger partial charge >= 0.3 is 5.97 Å². The zero-order chi connectivity index (χ0) is 17.3. The SMILES string of the molecule is CCOC(=O)c1sc([S@@](C)=O)c2c1C[C@@H](c1ccccc1)CC2=O. The van der Waals surface area contributed by atoms with E-state index in [1.807, 2.05) is 30.3 Å². The van der Waals surface area contributed by atoms with Gasteiger partial charge in [-0.2, -0.15) is 0 Å². The number of esters is 1. The minimum atomic E-state index is -1.30. The van der Waals surface area contributed by atoms with Crippen molar-refractivity contribution in [1.82, 2.24) is 0 Å². The molecule has 1 aromatic heterocycles. The number of hydrogen-bond acceptors (Lipinski definition) is 5. The van der Waals surface area contributed by atoms with Crippen molar-refractivity contribution in [1.29, 1.82) is 0 Å².